The molecule has 10 nitrogen and oxygen atoms in total. The van der Waals surface area contributed by atoms with Gasteiger partial charge in [-0.15, -0.1) is 0 Å². The highest BCUT2D eigenvalue weighted by Gasteiger charge is 2.35. The molecule has 3 aromatic rings. The zero-order valence-corrected chi connectivity index (χ0v) is 25.5. The lowest BCUT2D eigenvalue weighted by Gasteiger charge is -2.37. The van der Waals surface area contributed by atoms with E-state index in [0.717, 1.165) is 29.5 Å². The fourth-order valence-electron chi connectivity index (χ4n) is 6.19. The number of rotatable bonds is 9. The Kier molecular flexibility index (Phi) is 9.17. The van der Waals surface area contributed by atoms with E-state index in [4.69, 9.17) is 9.47 Å². The zero-order chi connectivity index (χ0) is 30.7. The van der Waals surface area contributed by atoms with Gasteiger partial charge >= 0.3 is 11.7 Å². The molecule has 2 fully saturated rings. The number of hydrogen-bond donors (Lipinski definition) is 1. The molecule has 2 atom stereocenters. The van der Waals surface area contributed by atoms with Crippen LogP contribution in [-0.4, -0.2) is 63.2 Å². The molecule has 0 bridgehead atoms. The van der Waals surface area contributed by atoms with Crippen molar-refractivity contribution in [1.82, 2.24) is 19.4 Å². The van der Waals surface area contributed by atoms with E-state index in [-0.39, 0.29) is 36.5 Å². The Morgan fingerprint density at radius 3 is 2.37 bits per heavy atom. The van der Waals surface area contributed by atoms with E-state index in [1.165, 1.54) is 4.57 Å². The molecule has 0 aliphatic carbocycles. The summed E-state index contributed by atoms with van der Waals surface area (Å²) in [6, 6.07) is 14.7. The van der Waals surface area contributed by atoms with Crippen LogP contribution in [0.3, 0.4) is 0 Å². The van der Waals surface area contributed by atoms with Crippen molar-refractivity contribution in [3.63, 3.8) is 0 Å². The molecule has 2 aliphatic heterocycles. The van der Waals surface area contributed by atoms with Gasteiger partial charge in [0.05, 0.1) is 24.2 Å². The summed E-state index contributed by atoms with van der Waals surface area (Å²) in [7, 11) is 0. The number of fused-ring (bicyclic) bond motifs is 1. The van der Waals surface area contributed by atoms with Crippen molar-refractivity contribution in [3.8, 4) is 0 Å². The zero-order valence-electron chi connectivity index (χ0n) is 25.5. The summed E-state index contributed by atoms with van der Waals surface area (Å²) in [4.78, 5) is 53.1. The third-order valence-electron chi connectivity index (χ3n) is 8.33. The minimum Gasteiger partial charge on any atom is -0.459 e. The molecular weight excluding hydrogens is 548 g/mol. The van der Waals surface area contributed by atoms with Crippen molar-refractivity contribution in [2.24, 2.45) is 0 Å². The van der Waals surface area contributed by atoms with Gasteiger partial charge in [-0.3, -0.25) is 33.7 Å². The van der Waals surface area contributed by atoms with Gasteiger partial charge in [-0.2, -0.15) is 0 Å². The van der Waals surface area contributed by atoms with Crippen LogP contribution >= 0.6 is 0 Å². The largest absolute Gasteiger partial charge is 0.459 e. The summed E-state index contributed by atoms with van der Waals surface area (Å²) >= 11 is 0. The van der Waals surface area contributed by atoms with Crippen LogP contribution in [0.4, 0.5) is 0 Å². The van der Waals surface area contributed by atoms with E-state index in [9.17, 15) is 19.2 Å². The van der Waals surface area contributed by atoms with Gasteiger partial charge in [-0.25, -0.2) is 4.79 Å². The Labute approximate surface area is 251 Å². The number of piperidine rings is 2. The third-order valence-corrected chi connectivity index (χ3v) is 8.33. The fourth-order valence-corrected chi connectivity index (χ4v) is 6.19. The van der Waals surface area contributed by atoms with Crippen LogP contribution in [0.2, 0.25) is 0 Å². The van der Waals surface area contributed by atoms with Gasteiger partial charge in [0.2, 0.25) is 11.8 Å². The number of imidazole rings is 1. The molecule has 3 heterocycles. The maximum atomic E-state index is 13.4. The first-order valence-corrected chi connectivity index (χ1v) is 15.2. The van der Waals surface area contributed by atoms with Crippen LogP contribution in [0.25, 0.3) is 11.0 Å². The topological polar surface area (TPSA) is 112 Å². The Morgan fingerprint density at radius 1 is 1.00 bits per heavy atom. The van der Waals surface area contributed by atoms with Gasteiger partial charge in [0, 0.05) is 13.0 Å². The first kappa shape index (κ1) is 30.7. The normalized spacial score (nSPS) is 19.4. The SMILES string of the molecule is CCn1c(=O)n(C2CCC(=O)NC2=O)c2ccc(C3CCN([C@H](COCc4ccccc4)C(=O)OC(C)(C)C)CC3)cc21. The predicted octanol–water partition coefficient (Wildman–Crippen LogP) is 3.91. The van der Waals surface area contributed by atoms with Gasteiger partial charge in [0.1, 0.15) is 17.7 Å². The second-order valence-corrected chi connectivity index (χ2v) is 12.5. The van der Waals surface area contributed by atoms with Crippen molar-refractivity contribution >= 4 is 28.8 Å². The van der Waals surface area contributed by atoms with Gasteiger partial charge in [-0.05, 0) is 89.2 Å². The number of imide groups is 1. The molecule has 2 aliphatic rings. The maximum Gasteiger partial charge on any atom is 0.329 e. The molecule has 10 heteroatoms. The summed E-state index contributed by atoms with van der Waals surface area (Å²) in [5, 5.41) is 2.37. The number of esters is 1. The van der Waals surface area contributed by atoms with E-state index >= 15 is 0 Å². The van der Waals surface area contributed by atoms with Crippen molar-refractivity contribution in [2.75, 3.05) is 19.7 Å². The standard InChI is InChI=1S/C33H42N4O6/c1-5-36-27-19-24(11-12-25(27)37(32(36)41)26-13-14-29(38)34-30(26)39)23-15-17-35(18-16-23)28(31(40)43-33(2,3)4)21-42-20-22-9-7-6-8-10-22/h6-12,19,23,26,28H,5,13-18,20-21H2,1-4H3,(H,34,38,39)/t26?,28-/m1/s1. The van der Waals surface area contributed by atoms with Crippen LogP contribution in [0.1, 0.15) is 76.5 Å². The lowest BCUT2D eigenvalue weighted by molar-refractivity contribution is -0.164. The number of benzene rings is 2. The number of nitrogens with zero attached hydrogens (tertiary/aromatic N) is 3. The molecule has 2 saturated heterocycles. The number of amides is 2. The van der Waals surface area contributed by atoms with Crippen molar-refractivity contribution in [3.05, 3.63) is 70.1 Å². The van der Waals surface area contributed by atoms with Crippen LogP contribution in [0, 0.1) is 0 Å². The van der Waals surface area contributed by atoms with Gasteiger partial charge in [-0.1, -0.05) is 36.4 Å². The summed E-state index contributed by atoms with van der Waals surface area (Å²) in [6.45, 7) is 10.1. The highest BCUT2D eigenvalue weighted by atomic mass is 16.6. The molecule has 5 rings (SSSR count). The molecule has 43 heavy (non-hydrogen) atoms. The van der Waals surface area contributed by atoms with Gasteiger partial charge in [0.15, 0.2) is 0 Å². The van der Waals surface area contributed by atoms with Crippen molar-refractivity contribution in [1.29, 1.82) is 0 Å². The summed E-state index contributed by atoms with van der Waals surface area (Å²) in [5.74, 6) is -0.761. The molecule has 230 valence electrons. The van der Waals surface area contributed by atoms with E-state index in [0.29, 0.717) is 38.2 Å². The van der Waals surface area contributed by atoms with Crippen LogP contribution in [-0.2, 0) is 37.0 Å². The molecular formula is C33H42N4O6. The average molecular weight is 591 g/mol. The van der Waals surface area contributed by atoms with E-state index in [1.54, 1.807) is 4.57 Å². The maximum absolute atomic E-state index is 13.4. The number of ether oxygens (including phenoxy) is 2. The predicted molar refractivity (Wildman–Crippen MR) is 163 cm³/mol. The molecule has 0 spiro atoms. The number of aryl methyl sites for hydroxylation is 1. The van der Waals surface area contributed by atoms with E-state index in [2.05, 4.69) is 16.3 Å². The summed E-state index contributed by atoms with van der Waals surface area (Å²) < 4.78 is 15.0. The quantitative estimate of drug-likeness (QED) is 0.297. The van der Waals surface area contributed by atoms with Crippen LogP contribution < -0.4 is 11.0 Å². The molecule has 0 saturated carbocycles. The third kappa shape index (κ3) is 6.91. The number of aromatic nitrogens is 2. The number of carbonyl (C=O) groups excluding carboxylic acids is 3. The van der Waals surface area contributed by atoms with E-state index < -0.39 is 23.6 Å². The number of hydrogen-bond acceptors (Lipinski definition) is 7. The van der Waals surface area contributed by atoms with E-state index in [1.807, 2.05) is 70.2 Å². The Balaban J connectivity index is 1.31. The minimum absolute atomic E-state index is 0.208. The first-order valence-electron chi connectivity index (χ1n) is 15.2. The summed E-state index contributed by atoms with van der Waals surface area (Å²) in [5.41, 5.74) is 2.83. The van der Waals surface area contributed by atoms with Crippen LogP contribution in [0.15, 0.2) is 53.3 Å². The second-order valence-electron chi connectivity index (χ2n) is 12.5. The highest BCUT2D eigenvalue weighted by Crippen LogP contribution is 2.32. The molecule has 1 N–H and O–H groups in total. The number of nitrogens with one attached hydrogen (secondary N) is 1. The first-order chi connectivity index (χ1) is 20.6. The van der Waals surface area contributed by atoms with Crippen LogP contribution in [0.5, 0.6) is 0 Å². The molecule has 1 aromatic heterocycles. The second kappa shape index (κ2) is 12.9. The Bertz CT molecular complexity index is 1530. The molecule has 0 radical (unpaired) electrons. The van der Waals surface area contributed by atoms with Gasteiger partial charge in [0.25, 0.3) is 0 Å². The monoisotopic (exact) mass is 590 g/mol. The highest BCUT2D eigenvalue weighted by molar-refractivity contribution is 6.00. The Hall–Kier alpha value is -3.76. The average Bonchev–Trinajstić information content (AvgIpc) is 3.25. The molecule has 1 unspecified atom stereocenters. The lowest BCUT2D eigenvalue weighted by atomic mass is 9.88. The van der Waals surface area contributed by atoms with Crippen molar-refractivity contribution in [2.45, 2.75) is 90.1 Å². The Morgan fingerprint density at radius 2 is 1.72 bits per heavy atom. The molecule has 2 amide bonds. The number of likely N-dealkylation sites (tertiary alicyclic amines) is 1. The number of carbonyl (C=O) groups is 3. The lowest BCUT2D eigenvalue weighted by Crippen LogP contribution is -2.50. The minimum atomic E-state index is -0.705. The van der Waals surface area contributed by atoms with Crippen molar-refractivity contribution < 1.29 is 23.9 Å². The smallest absolute Gasteiger partial charge is 0.329 e. The fraction of sp³-hybridized carbons (Fsp3) is 0.515. The molecule has 2 aromatic carbocycles. The van der Waals surface area contributed by atoms with Gasteiger partial charge < -0.3 is 9.47 Å². The summed E-state index contributed by atoms with van der Waals surface area (Å²) in [6.07, 6.45) is 2.20.